The standard InChI is InChI=1S/C21H26FN5O3/c1-14-15(2)27(17-7-5-6-16(22)10-17)21(18(14)11-23)25-20(29)13-26(3)12-19(28)24-8-9-30-4/h5-7,10H,8-9,12-13H2,1-4H3,(H,24,28)(H,25,29). The molecule has 0 bridgehead atoms. The molecule has 2 amide bonds. The Labute approximate surface area is 175 Å². The summed E-state index contributed by atoms with van der Waals surface area (Å²) in [6, 6.07) is 8.03. The fourth-order valence-corrected chi connectivity index (χ4v) is 3.07. The number of nitrogens with one attached hydrogen (secondary N) is 2. The average molecular weight is 415 g/mol. The van der Waals surface area contributed by atoms with Gasteiger partial charge in [0.15, 0.2) is 0 Å². The van der Waals surface area contributed by atoms with Crippen LogP contribution < -0.4 is 10.6 Å². The predicted octanol–water partition coefficient (Wildman–Crippen LogP) is 1.74. The molecule has 160 valence electrons. The van der Waals surface area contributed by atoms with Crippen molar-refractivity contribution < 1.29 is 18.7 Å². The van der Waals surface area contributed by atoms with Gasteiger partial charge < -0.3 is 15.4 Å². The van der Waals surface area contributed by atoms with Crippen LogP contribution in [0.2, 0.25) is 0 Å². The van der Waals surface area contributed by atoms with E-state index in [4.69, 9.17) is 4.74 Å². The van der Waals surface area contributed by atoms with Crippen molar-refractivity contribution in [2.75, 3.05) is 45.7 Å². The van der Waals surface area contributed by atoms with E-state index in [1.165, 1.54) is 12.1 Å². The van der Waals surface area contributed by atoms with Crippen molar-refractivity contribution in [3.05, 3.63) is 46.9 Å². The van der Waals surface area contributed by atoms with Gasteiger partial charge in [-0.2, -0.15) is 5.26 Å². The first kappa shape index (κ1) is 23.1. The van der Waals surface area contributed by atoms with E-state index in [-0.39, 0.29) is 24.8 Å². The summed E-state index contributed by atoms with van der Waals surface area (Å²) >= 11 is 0. The highest BCUT2D eigenvalue weighted by molar-refractivity contribution is 5.94. The van der Waals surface area contributed by atoms with Gasteiger partial charge in [0.25, 0.3) is 0 Å². The van der Waals surface area contributed by atoms with E-state index >= 15 is 0 Å². The Morgan fingerprint density at radius 3 is 2.60 bits per heavy atom. The number of anilines is 1. The lowest BCUT2D eigenvalue weighted by Gasteiger charge is -2.17. The summed E-state index contributed by atoms with van der Waals surface area (Å²) in [5, 5.41) is 15.0. The van der Waals surface area contributed by atoms with Gasteiger partial charge in [0, 0.05) is 19.3 Å². The Morgan fingerprint density at radius 2 is 1.97 bits per heavy atom. The molecule has 0 aliphatic heterocycles. The molecule has 0 aliphatic rings. The zero-order valence-corrected chi connectivity index (χ0v) is 17.6. The summed E-state index contributed by atoms with van der Waals surface area (Å²) in [4.78, 5) is 26.0. The maximum absolute atomic E-state index is 13.8. The van der Waals surface area contributed by atoms with Gasteiger partial charge >= 0.3 is 0 Å². The first-order chi connectivity index (χ1) is 14.3. The maximum Gasteiger partial charge on any atom is 0.239 e. The Kier molecular flexibility index (Phi) is 8.09. The highest BCUT2D eigenvalue weighted by atomic mass is 19.1. The summed E-state index contributed by atoms with van der Waals surface area (Å²) in [6.07, 6.45) is 0. The third-order valence-electron chi connectivity index (χ3n) is 4.60. The topological polar surface area (TPSA) is 99.4 Å². The van der Waals surface area contributed by atoms with Gasteiger partial charge in [0.1, 0.15) is 17.7 Å². The Morgan fingerprint density at radius 1 is 1.27 bits per heavy atom. The molecule has 0 atom stereocenters. The fraction of sp³-hybridized carbons (Fsp3) is 0.381. The summed E-state index contributed by atoms with van der Waals surface area (Å²) in [6.45, 7) is 4.34. The molecule has 2 rings (SSSR count). The van der Waals surface area contributed by atoms with Crippen LogP contribution in [0.4, 0.5) is 10.2 Å². The number of hydrogen-bond donors (Lipinski definition) is 2. The summed E-state index contributed by atoms with van der Waals surface area (Å²) in [5.74, 6) is -0.766. The lowest BCUT2D eigenvalue weighted by Crippen LogP contribution is -2.40. The van der Waals surface area contributed by atoms with Crippen LogP contribution in [-0.2, 0) is 14.3 Å². The molecule has 0 spiro atoms. The molecule has 0 saturated heterocycles. The number of halogens is 1. The van der Waals surface area contributed by atoms with Gasteiger partial charge in [-0.05, 0) is 44.7 Å². The van der Waals surface area contributed by atoms with Crippen molar-refractivity contribution in [1.29, 1.82) is 5.26 Å². The van der Waals surface area contributed by atoms with Gasteiger partial charge in [-0.15, -0.1) is 0 Å². The van der Waals surface area contributed by atoms with Crippen LogP contribution in [0.1, 0.15) is 16.8 Å². The number of nitrogens with zero attached hydrogens (tertiary/aromatic N) is 3. The van der Waals surface area contributed by atoms with Crippen LogP contribution in [0.25, 0.3) is 5.69 Å². The lowest BCUT2D eigenvalue weighted by atomic mass is 10.2. The van der Waals surface area contributed by atoms with E-state index in [0.717, 1.165) is 5.69 Å². The maximum atomic E-state index is 13.8. The number of methoxy groups -OCH3 is 1. The second-order valence-corrected chi connectivity index (χ2v) is 6.92. The zero-order chi connectivity index (χ0) is 22.3. The smallest absolute Gasteiger partial charge is 0.239 e. The highest BCUT2D eigenvalue weighted by Gasteiger charge is 2.21. The van der Waals surface area contributed by atoms with Crippen molar-refractivity contribution in [3.8, 4) is 11.8 Å². The molecule has 1 aromatic carbocycles. The molecule has 30 heavy (non-hydrogen) atoms. The number of benzene rings is 1. The number of rotatable bonds is 9. The molecule has 0 saturated carbocycles. The van der Waals surface area contributed by atoms with Crippen molar-refractivity contribution >= 4 is 17.6 Å². The van der Waals surface area contributed by atoms with E-state index in [2.05, 4.69) is 16.7 Å². The normalized spacial score (nSPS) is 10.7. The monoisotopic (exact) mass is 415 g/mol. The lowest BCUT2D eigenvalue weighted by molar-refractivity contribution is -0.123. The molecule has 0 aliphatic carbocycles. The number of nitriles is 1. The molecule has 0 radical (unpaired) electrons. The van der Waals surface area contributed by atoms with Crippen molar-refractivity contribution in [2.45, 2.75) is 13.8 Å². The molecular weight excluding hydrogens is 389 g/mol. The highest BCUT2D eigenvalue weighted by Crippen LogP contribution is 2.30. The molecule has 1 aromatic heterocycles. The van der Waals surface area contributed by atoms with Crippen LogP contribution in [0.3, 0.4) is 0 Å². The molecule has 0 unspecified atom stereocenters. The Hall–Kier alpha value is -3.22. The van der Waals surface area contributed by atoms with Gasteiger partial charge in [0.05, 0.1) is 30.9 Å². The number of hydrogen-bond acceptors (Lipinski definition) is 5. The number of carbonyl (C=O) groups is 2. The average Bonchev–Trinajstić information content (AvgIpc) is 2.91. The number of aromatic nitrogens is 1. The zero-order valence-electron chi connectivity index (χ0n) is 17.6. The second-order valence-electron chi connectivity index (χ2n) is 6.92. The largest absolute Gasteiger partial charge is 0.383 e. The van der Waals surface area contributed by atoms with E-state index in [1.54, 1.807) is 49.6 Å². The summed E-state index contributed by atoms with van der Waals surface area (Å²) < 4.78 is 20.3. The van der Waals surface area contributed by atoms with Gasteiger partial charge in [0.2, 0.25) is 11.8 Å². The first-order valence-corrected chi connectivity index (χ1v) is 9.40. The number of amides is 2. The minimum Gasteiger partial charge on any atom is -0.383 e. The van der Waals surface area contributed by atoms with Gasteiger partial charge in [-0.25, -0.2) is 4.39 Å². The SMILES string of the molecule is COCCNC(=O)CN(C)CC(=O)Nc1c(C#N)c(C)c(C)n1-c1cccc(F)c1. The quantitative estimate of drug-likeness (QED) is 0.608. The van der Waals surface area contributed by atoms with Crippen molar-refractivity contribution in [3.63, 3.8) is 0 Å². The molecular formula is C21H26FN5O3. The van der Waals surface area contributed by atoms with Crippen LogP contribution in [-0.4, -0.2) is 61.7 Å². The second kappa shape index (κ2) is 10.5. The van der Waals surface area contributed by atoms with Crippen LogP contribution in [0.15, 0.2) is 24.3 Å². The predicted molar refractivity (Wildman–Crippen MR) is 111 cm³/mol. The van der Waals surface area contributed by atoms with E-state index in [1.807, 2.05) is 0 Å². The van der Waals surface area contributed by atoms with Crippen molar-refractivity contribution in [2.24, 2.45) is 0 Å². The van der Waals surface area contributed by atoms with Crippen LogP contribution >= 0.6 is 0 Å². The van der Waals surface area contributed by atoms with E-state index in [9.17, 15) is 19.2 Å². The fourth-order valence-electron chi connectivity index (χ4n) is 3.07. The number of likely N-dealkylation sites (N-methyl/N-ethyl adjacent to an activating group) is 1. The van der Waals surface area contributed by atoms with Crippen LogP contribution in [0, 0.1) is 31.0 Å². The third kappa shape index (κ3) is 5.65. The van der Waals surface area contributed by atoms with Gasteiger partial charge in [-0.1, -0.05) is 6.07 Å². The van der Waals surface area contributed by atoms with Crippen molar-refractivity contribution in [1.82, 2.24) is 14.8 Å². The molecule has 8 nitrogen and oxygen atoms in total. The van der Waals surface area contributed by atoms with E-state index < -0.39 is 11.7 Å². The Bertz CT molecular complexity index is 964. The summed E-state index contributed by atoms with van der Waals surface area (Å²) in [7, 11) is 3.18. The molecule has 1 heterocycles. The minimum absolute atomic E-state index is 0.0329. The Balaban J connectivity index is 2.17. The molecule has 9 heteroatoms. The minimum atomic E-state index is -0.423. The van der Waals surface area contributed by atoms with Gasteiger partial charge in [-0.3, -0.25) is 19.1 Å². The number of carbonyl (C=O) groups excluding carboxylic acids is 2. The molecule has 2 aromatic rings. The van der Waals surface area contributed by atoms with E-state index in [0.29, 0.717) is 30.0 Å². The third-order valence-corrected chi connectivity index (χ3v) is 4.60. The summed E-state index contributed by atoms with van der Waals surface area (Å²) in [5.41, 5.74) is 2.23. The van der Waals surface area contributed by atoms with Crippen LogP contribution in [0.5, 0.6) is 0 Å². The molecule has 0 fully saturated rings. The number of ether oxygens (including phenoxy) is 1. The first-order valence-electron chi connectivity index (χ1n) is 9.40. The molecule has 2 N–H and O–H groups in total.